The van der Waals surface area contributed by atoms with Gasteiger partial charge in [-0.05, 0) is 61.7 Å². The van der Waals surface area contributed by atoms with Crippen LogP contribution in [0, 0.1) is 0 Å². The number of aliphatic hydroxyl groups excluding tert-OH is 1. The monoisotopic (exact) mass is 565 g/mol. The highest BCUT2D eigenvalue weighted by atomic mass is 35.5. The summed E-state index contributed by atoms with van der Waals surface area (Å²) in [5, 5.41) is 20.8. The van der Waals surface area contributed by atoms with E-state index in [9.17, 15) is 5.11 Å². The van der Waals surface area contributed by atoms with E-state index in [-0.39, 0.29) is 24.9 Å². The highest BCUT2D eigenvalue weighted by Gasteiger charge is 2.23. The molecule has 2 aromatic heterocycles. The molecule has 1 aliphatic rings. The summed E-state index contributed by atoms with van der Waals surface area (Å²) in [6.45, 7) is 6.54. The highest BCUT2D eigenvalue weighted by molar-refractivity contribution is 6.42. The first-order valence-electron chi connectivity index (χ1n) is 12.2. The Labute approximate surface area is 232 Å². The van der Waals surface area contributed by atoms with E-state index >= 15 is 0 Å². The number of aromatic nitrogens is 2. The number of furan rings is 1. The van der Waals surface area contributed by atoms with Crippen LogP contribution in [0.4, 0.5) is 0 Å². The molecule has 0 radical (unpaired) electrons. The van der Waals surface area contributed by atoms with Crippen molar-refractivity contribution in [1.82, 2.24) is 15.1 Å². The summed E-state index contributed by atoms with van der Waals surface area (Å²) in [7, 11) is 0. The van der Waals surface area contributed by atoms with Gasteiger partial charge < -0.3 is 23.6 Å². The fraction of sp³-hybridized carbons (Fsp3) is 0.407. The smallest absolute Gasteiger partial charge is 0.283 e. The molecule has 1 atom stereocenters. The average Bonchev–Trinajstić information content (AvgIpc) is 3.53. The zero-order valence-electron chi connectivity index (χ0n) is 20.7. The van der Waals surface area contributed by atoms with Crippen molar-refractivity contribution >= 4 is 46.6 Å². The number of β-amino-alcohol motifs (C(OH)–C–C–N with tert-alkyl or cyclic N) is 1. The van der Waals surface area contributed by atoms with Gasteiger partial charge in [-0.2, -0.15) is 0 Å². The summed E-state index contributed by atoms with van der Waals surface area (Å²) in [4.78, 5) is 2.28. The van der Waals surface area contributed by atoms with Crippen LogP contribution >= 0.6 is 35.6 Å². The molecule has 5 rings (SSSR count). The quantitative estimate of drug-likeness (QED) is 0.247. The lowest BCUT2D eigenvalue weighted by Crippen LogP contribution is -2.40. The molecule has 0 unspecified atom stereocenters. The lowest BCUT2D eigenvalue weighted by atomic mass is 9.89. The van der Waals surface area contributed by atoms with Gasteiger partial charge in [-0.25, -0.2) is 0 Å². The van der Waals surface area contributed by atoms with Crippen molar-refractivity contribution in [2.75, 3.05) is 26.2 Å². The van der Waals surface area contributed by atoms with Gasteiger partial charge in [-0.15, -0.1) is 22.6 Å². The maximum Gasteiger partial charge on any atom is 0.283 e. The lowest BCUT2D eigenvalue weighted by Gasteiger charge is -2.33. The molecule has 3 heterocycles. The molecule has 1 N–H and O–H groups in total. The van der Waals surface area contributed by atoms with Gasteiger partial charge in [0.05, 0.1) is 15.4 Å². The Morgan fingerprint density at radius 2 is 1.84 bits per heavy atom. The zero-order chi connectivity index (χ0) is 25.2. The summed E-state index contributed by atoms with van der Waals surface area (Å²) in [5.74, 6) is 2.62. The topological polar surface area (TPSA) is 84.8 Å². The molecule has 0 aliphatic carbocycles. The van der Waals surface area contributed by atoms with E-state index in [1.54, 1.807) is 0 Å². The van der Waals surface area contributed by atoms with Crippen LogP contribution in [-0.2, 0) is 0 Å². The third-order valence-corrected chi connectivity index (χ3v) is 7.31. The molecule has 0 saturated carbocycles. The number of aliphatic hydroxyl groups is 1. The number of fused-ring (bicyclic) bond motifs is 1. The van der Waals surface area contributed by atoms with Crippen LogP contribution in [0.15, 0.2) is 51.3 Å². The van der Waals surface area contributed by atoms with Crippen LogP contribution in [0.1, 0.15) is 50.0 Å². The zero-order valence-corrected chi connectivity index (χ0v) is 23.0. The summed E-state index contributed by atoms with van der Waals surface area (Å²) >= 11 is 12.2. The van der Waals surface area contributed by atoms with E-state index in [2.05, 4.69) is 21.2 Å². The standard InChI is InChI=1S/C27H29Cl2N3O4.ClH/c1-16(2)26-30-31-27(36-26)25-13-20-23(4-3-5-24(20)35-25)34-15-19(33)14-32-10-8-17(9-11-32)18-6-7-21(28)22(29)12-18;/h3-7,12-13,16-17,19,33H,8-11,14-15H2,1-2H3;1H/t19-;/m0./s1. The number of rotatable bonds is 8. The van der Waals surface area contributed by atoms with Crippen molar-refractivity contribution in [1.29, 1.82) is 0 Å². The number of nitrogens with zero attached hydrogens (tertiary/aromatic N) is 3. The second-order valence-electron chi connectivity index (χ2n) is 9.59. The Balaban J connectivity index is 0.00000320. The Morgan fingerprint density at radius 1 is 1.05 bits per heavy atom. The van der Waals surface area contributed by atoms with E-state index in [0.29, 0.717) is 51.4 Å². The normalized spacial score (nSPS) is 15.7. The van der Waals surface area contributed by atoms with Crippen molar-refractivity contribution in [3.05, 3.63) is 64.0 Å². The highest BCUT2D eigenvalue weighted by Crippen LogP contribution is 2.34. The number of ether oxygens (including phenoxy) is 1. The SMILES string of the molecule is CC(C)c1nnc(-c2cc3c(OC[C@@H](O)CN4CCC(c5ccc(Cl)c(Cl)c5)CC4)cccc3o2)o1.Cl. The molecule has 0 amide bonds. The van der Waals surface area contributed by atoms with Crippen molar-refractivity contribution in [3.8, 4) is 17.4 Å². The Kier molecular flexibility index (Phi) is 9.03. The fourth-order valence-corrected chi connectivity index (χ4v) is 4.89. The first kappa shape index (κ1) is 27.7. The van der Waals surface area contributed by atoms with Crippen LogP contribution in [-0.4, -0.2) is 52.5 Å². The van der Waals surface area contributed by atoms with Crippen molar-refractivity contribution in [3.63, 3.8) is 0 Å². The molecule has 0 bridgehead atoms. The Hall–Kier alpha value is -2.29. The Morgan fingerprint density at radius 3 is 2.54 bits per heavy atom. The minimum absolute atomic E-state index is 0. The molecular formula is C27H30Cl3N3O4. The fourth-order valence-electron chi connectivity index (χ4n) is 4.58. The minimum Gasteiger partial charge on any atom is -0.490 e. The van der Waals surface area contributed by atoms with Gasteiger partial charge in [0.1, 0.15) is 24.0 Å². The number of likely N-dealkylation sites (tertiary alicyclic amines) is 1. The molecule has 0 spiro atoms. The molecule has 7 nitrogen and oxygen atoms in total. The van der Waals surface area contributed by atoms with Gasteiger partial charge in [-0.1, -0.05) is 49.2 Å². The van der Waals surface area contributed by atoms with E-state index in [1.165, 1.54) is 5.56 Å². The number of benzene rings is 2. The van der Waals surface area contributed by atoms with Crippen molar-refractivity contribution in [2.24, 2.45) is 0 Å². The predicted octanol–water partition coefficient (Wildman–Crippen LogP) is 6.95. The summed E-state index contributed by atoms with van der Waals surface area (Å²) in [5.41, 5.74) is 1.88. The first-order valence-corrected chi connectivity index (χ1v) is 13.0. The number of halogens is 3. The Bertz CT molecular complexity index is 1330. The summed E-state index contributed by atoms with van der Waals surface area (Å²) in [6.07, 6.45) is 1.41. The van der Waals surface area contributed by atoms with Crippen molar-refractivity contribution in [2.45, 2.75) is 44.6 Å². The van der Waals surface area contributed by atoms with Gasteiger partial charge in [0.15, 0.2) is 5.76 Å². The van der Waals surface area contributed by atoms with Gasteiger partial charge in [-0.3, -0.25) is 0 Å². The van der Waals surface area contributed by atoms with E-state index in [1.807, 2.05) is 50.2 Å². The molecule has 1 aliphatic heterocycles. The van der Waals surface area contributed by atoms with Crippen LogP contribution in [0.3, 0.4) is 0 Å². The molecule has 198 valence electrons. The second kappa shape index (κ2) is 12.0. The molecule has 37 heavy (non-hydrogen) atoms. The molecule has 2 aromatic carbocycles. The van der Waals surface area contributed by atoms with E-state index < -0.39 is 6.10 Å². The van der Waals surface area contributed by atoms with E-state index in [0.717, 1.165) is 31.3 Å². The van der Waals surface area contributed by atoms with Gasteiger partial charge in [0.25, 0.3) is 5.89 Å². The number of hydrogen-bond donors (Lipinski definition) is 1. The molecule has 1 fully saturated rings. The molecule has 4 aromatic rings. The van der Waals surface area contributed by atoms with Crippen LogP contribution in [0.5, 0.6) is 5.75 Å². The maximum absolute atomic E-state index is 10.7. The predicted molar refractivity (Wildman–Crippen MR) is 147 cm³/mol. The largest absolute Gasteiger partial charge is 0.490 e. The number of piperidine rings is 1. The third kappa shape index (κ3) is 6.41. The first-order chi connectivity index (χ1) is 17.4. The minimum atomic E-state index is -0.613. The summed E-state index contributed by atoms with van der Waals surface area (Å²) < 4.78 is 17.6. The third-order valence-electron chi connectivity index (χ3n) is 6.57. The average molecular weight is 567 g/mol. The van der Waals surface area contributed by atoms with E-state index in [4.69, 9.17) is 36.8 Å². The van der Waals surface area contributed by atoms with Crippen LogP contribution in [0.25, 0.3) is 22.6 Å². The lowest BCUT2D eigenvalue weighted by molar-refractivity contribution is 0.0599. The van der Waals surface area contributed by atoms with Gasteiger partial charge in [0, 0.05) is 18.5 Å². The maximum atomic E-state index is 10.7. The molecule has 10 heteroatoms. The van der Waals surface area contributed by atoms with Gasteiger partial charge in [0.2, 0.25) is 5.89 Å². The molecular weight excluding hydrogens is 537 g/mol. The van der Waals surface area contributed by atoms with Crippen LogP contribution < -0.4 is 4.74 Å². The van der Waals surface area contributed by atoms with Gasteiger partial charge >= 0.3 is 0 Å². The second-order valence-corrected chi connectivity index (χ2v) is 10.4. The van der Waals surface area contributed by atoms with Crippen molar-refractivity contribution < 1.29 is 18.7 Å². The summed E-state index contributed by atoms with van der Waals surface area (Å²) in [6, 6.07) is 13.3. The van der Waals surface area contributed by atoms with Crippen LogP contribution in [0.2, 0.25) is 10.0 Å². The molecule has 1 saturated heterocycles. The number of hydrogen-bond acceptors (Lipinski definition) is 7.